The number of benzene rings is 2. The van der Waals surface area contributed by atoms with Gasteiger partial charge < -0.3 is 9.64 Å². The topological polar surface area (TPSA) is 32.8 Å². The lowest BCUT2D eigenvalue weighted by Gasteiger charge is -2.22. The quantitative estimate of drug-likeness (QED) is 0.770. The van der Waals surface area contributed by atoms with Crippen molar-refractivity contribution in [1.82, 2.24) is 9.80 Å². The molecule has 0 aliphatic carbocycles. The summed E-state index contributed by atoms with van der Waals surface area (Å²) < 4.78 is 5.14. The van der Waals surface area contributed by atoms with E-state index >= 15 is 0 Å². The minimum Gasteiger partial charge on any atom is -0.497 e. The van der Waals surface area contributed by atoms with E-state index in [1.54, 1.807) is 12.0 Å². The van der Waals surface area contributed by atoms with Gasteiger partial charge in [0.2, 0.25) is 5.91 Å². The van der Waals surface area contributed by atoms with Crippen LogP contribution in [0.2, 0.25) is 5.02 Å². The lowest BCUT2D eigenvalue weighted by atomic mass is 10.2. The van der Waals surface area contributed by atoms with Crippen LogP contribution in [0, 0.1) is 0 Å². The second-order valence-electron chi connectivity index (χ2n) is 5.90. The van der Waals surface area contributed by atoms with Gasteiger partial charge in [0.25, 0.3) is 0 Å². The third-order valence-electron chi connectivity index (χ3n) is 3.78. The van der Waals surface area contributed by atoms with E-state index in [1.807, 2.05) is 67.5 Å². The Hall–Kier alpha value is -2.04. The van der Waals surface area contributed by atoms with Gasteiger partial charge in [0, 0.05) is 25.2 Å². The highest BCUT2D eigenvalue weighted by Crippen LogP contribution is 2.13. The second-order valence-corrected chi connectivity index (χ2v) is 6.33. The molecule has 0 aromatic heterocycles. The minimum absolute atomic E-state index is 0.0854. The van der Waals surface area contributed by atoms with Crippen molar-refractivity contribution in [2.24, 2.45) is 0 Å². The van der Waals surface area contributed by atoms with Crippen LogP contribution in [0.4, 0.5) is 0 Å². The molecule has 0 fully saturated rings. The highest BCUT2D eigenvalue weighted by atomic mass is 35.5. The maximum Gasteiger partial charge on any atom is 0.236 e. The molecule has 0 bridgehead atoms. The number of hydrogen-bond donors (Lipinski definition) is 0. The smallest absolute Gasteiger partial charge is 0.236 e. The number of nitrogens with zero attached hydrogens (tertiary/aromatic N) is 2. The summed E-state index contributed by atoms with van der Waals surface area (Å²) in [6.07, 6.45) is 0. The van der Waals surface area contributed by atoms with Crippen LogP contribution in [0.1, 0.15) is 11.1 Å². The van der Waals surface area contributed by atoms with E-state index in [4.69, 9.17) is 16.3 Å². The van der Waals surface area contributed by atoms with Crippen molar-refractivity contribution in [1.29, 1.82) is 0 Å². The summed E-state index contributed by atoms with van der Waals surface area (Å²) in [4.78, 5) is 16.1. The number of carbonyl (C=O) groups excluding carboxylic acids is 1. The Morgan fingerprint density at radius 1 is 0.958 bits per heavy atom. The molecular weight excluding hydrogens is 324 g/mol. The minimum atomic E-state index is 0.0854. The van der Waals surface area contributed by atoms with Gasteiger partial charge >= 0.3 is 0 Å². The molecule has 0 aliphatic heterocycles. The molecule has 2 aromatic rings. The van der Waals surface area contributed by atoms with Gasteiger partial charge in [0.05, 0.1) is 13.7 Å². The van der Waals surface area contributed by atoms with Crippen LogP contribution in [0.25, 0.3) is 0 Å². The first-order valence-electron chi connectivity index (χ1n) is 7.78. The van der Waals surface area contributed by atoms with E-state index in [1.165, 1.54) is 0 Å². The number of amides is 1. The van der Waals surface area contributed by atoms with Crippen LogP contribution < -0.4 is 4.74 Å². The summed E-state index contributed by atoms with van der Waals surface area (Å²) in [6.45, 7) is 1.66. The number of likely N-dealkylation sites (N-methyl/N-ethyl adjacent to an activating group) is 2. The monoisotopic (exact) mass is 346 g/mol. The Morgan fingerprint density at radius 2 is 1.50 bits per heavy atom. The van der Waals surface area contributed by atoms with Gasteiger partial charge in [-0.2, -0.15) is 0 Å². The number of halogens is 1. The van der Waals surface area contributed by atoms with E-state index < -0.39 is 0 Å². The average molecular weight is 347 g/mol. The molecule has 0 spiro atoms. The first kappa shape index (κ1) is 18.3. The third kappa shape index (κ3) is 5.55. The molecule has 0 unspecified atom stereocenters. The Balaban J connectivity index is 1.84. The van der Waals surface area contributed by atoms with Crippen LogP contribution in [0.5, 0.6) is 5.75 Å². The molecule has 24 heavy (non-hydrogen) atoms. The summed E-state index contributed by atoms with van der Waals surface area (Å²) >= 11 is 5.89. The highest BCUT2D eigenvalue weighted by molar-refractivity contribution is 6.30. The van der Waals surface area contributed by atoms with Gasteiger partial charge in [-0.3, -0.25) is 9.69 Å². The van der Waals surface area contributed by atoms with Crippen LogP contribution in [0.15, 0.2) is 48.5 Å². The van der Waals surface area contributed by atoms with Gasteiger partial charge in [-0.15, -0.1) is 0 Å². The van der Waals surface area contributed by atoms with Crippen LogP contribution >= 0.6 is 11.6 Å². The Labute approximate surface area is 148 Å². The summed E-state index contributed by atoms with van der Waals surface area (Å²) in [5.41, 5.74) is 2.21. The van der Waals surface area contributed by atoms with E-state index in [9.17, 15) is 4.79 Å². The van der Waals surface area contributed by atoms with Crippen molar-refractivity contribution in [3.63, 3.8) is 0 Å². The molecular formula is C19H23ClN2O2. The predicted molar refractivity (Wildman–Crippen MR) is 97.3 cm³/mol. The maximum absolute atomic E-state index is 12.4. The zero-order valence-electron chi connectivity index (χ0n) is 14.3. The molecule has 1 amide bonds. The zero-order valence-corrected chi connectivity index (χ0v) is 15.1. The Morgan fingerprint density at radius 3 is 2.08 bits per heavy atom. The molecule has 0 radical (unpaired) electrons. The standard InChI is InChI=1S/C19H23ClN2O2/c1-21(12-15-4-8-17(20)9-5-15)14-19(23)22(2)13-16-6-10-18(24-3)11-7-16/h4-11H,12-14H2,1-3H3. The Bertz CT molecular complexity index is 656. The fraction of sp³-hybridized carbons (Fsp3) is 0.316. The van der Waals surface area contributed by atoms with E-state index in [0.29, 0.717) is 19.6 Å². The van der Waals surface area contributed by atoms with Gasteiger partial charge in [-0.25, -0.2) is 0 Å². The van der Waals surface area contributed by atoms with E-state index in [-0.39, 0.29) is 5.91 Å². The Kier molecular flexibility index (Phi) is 6.64. The molecule has 2 rings (SSSR count). The van der Waals surface area contributed by atoms with Crippen LogP contribution in [0.3, 0.4) is 0 Å². The van der Waals surface area contributed by atoms with Gasteiger partial charge in [0.1, 0.15) is 5.75 Å². The molecule has 4 nitrogen and oxygen atoms in total. The third-order valence-corrected chi connectivity index (χ3v) is 4.03. The molecule has 0 heterocycles. The molecule has 0 saturated carbocycles. The number of rotatable bonds is 7. The summed E-state index contributed by atoms with van der Waals surface area (Å²) in [7, 11) is 5.40. The van der Waals surface area contributed by atoms with Gasteiger partial charge in [0.15, 0.2) is 0 Å². The molecule has 2 aromatic carbocycles. The van der Waals surface area contributed by atoms with Crippen molar-refractivity contribution in [3.8, 4) is 5.75 Å². The second kappa shape index (κ2) is 8.71. The van der Waals surface area contributed by atoms with Crippen molar-refractivity contribution in [2.75, 3.05) is 27.7 Å². The van der Waals surface area contributed by atoms with Crippen LogP contribution in [-0.2, 0) is 17.9 Å². The van der Waals surface area contributed by atoms with Crippen LogP contribution in [-0.4, -0.2) is 43.5 Å². The molecule has 0 atom stereocenters. The van der Waals surface area contributed by atoms with Gasteiger partial charge in [-0.1, -0.05) is 35.9 Å². The largest absolute Gasteiger partial charge is 0.497 e. The van der Waals surface area contributed by atoms with Crippen molar-refractivity contribution in [2.45, 2.75) is 13.1 Å². The summed E-state index contributed by atoms with van der Waals surface area (Å²) in [5.74, 6) is 0.901. The lowest BCUT2D eigenvalue weighted by molar-refractivity contribution is -0.131. The number of ether oxygens (including phenoxy) is 1. The van der Waals surface area contributed by atoms with Gasteiger partial charge in [-0.05, 0) is 42.4 Å². The normalized spacial score (nSPS) is 10.7. The lowest BCUT2D eigenvalue weighted by Crippen LogP contribution is -2.36. The van der Waals surface area contributed by atoms with Crippen molar-refractivity contribution < 1.29 is 9.53 Å². The zero-order chi connectivity index (χ0) is 17.5. The fourth-order valence-corrected chi connectivity index (χ4v) is 2.53. The number of hydrogen-bond acceptors (Lipinski definition) is 3. The predicted octanol–water partition coefficient (Wildman–Crippen LogP) is 3.44. The average Bonchev–Trinajstić information content (AvgIpc) is 2.57. The highest BCUT2D eigenvalue weighted by Gasteiger charge is 2.12. The van der Waals surface area contributed by atoms with E-state index in [0.717, 1.165) is 21.9 Å². The number of methoxy groups -OCH3 is 1. The molecule has 5 heteroatoms. The first-order chi connectivity index (χ1) is 11.5. The first-order valence-corrected chi connectivity index (χ1v) is 8.15. The molecule has 128 valence electrons. The number of carbonyl (C=O) groups is 1. The van der Waals surface area contributed by atoms with Crippen molar-refractivity contribution in [3.05, 3.63) is 64.7 Å². The SMILES string of the molecule is COc1ccc(CN(C)C(=O)CN(C)Cc2ccc(Cl)cc2)cc1. The summed E-state index contributed by atoms with van der Waals surface area (Å²) in [6, 6.07) is 15.4. The molecule has 0 aliphatic rings. The molecule has 0 N–H and O–H groups in total. The molecule has 0 saturated heterocycles. The summed E-state index contributed by atoms with van der Waals surface area (Å²) in [5, 5.41) is 0.719. The fourth-order valence-electron chi connectivity index (χ4n) is 2.40. The maximum atomic E-state index is 12.4. The van der Waals surface area contributed by atoms with Crippen molar-refractivity contribution >= 4 is 17.5 Å². The van der Waals surface area contributed by atoms with E-state index in [2.05, 4.69) is 0 Å².